The molecule has 1 fully saturated rings. The van der Waals surface area contributed by atoms with Gasteiger partial charge in [-0.25, -0.2) is 0 Å². The number of benzene rings is 1. The van der Waals surface area contributed by atoms with Crippen molar-refractivity contribution in [3.8, 4) is 0 Å². The Balaban J connectivity index is 2.00. The smallest absolute Gasteiger partial charge is 0.0406 e. The molecule has 1 saturated heterocycles. The molecule has 1 heterocycles. The molecule has 18 heavy (non-hydrogen) atoms. The normalized spacial score (nSPS) is 29.4. The van der Waals surface area contributed by atoms with E-state index in [0.29, 0.717) is 18.0 Å². The predicted octanol–water partition coefficient (Wildman–Crippen LogP) is 3.16. The first-order valence-electron chi connectivity index (χ1n) is 6.77. The molecule has 0 aromatic heterocycles. The lowest BCUT2D eigenvalue weighted by Crippen LogP contribution is -2.52. The number of piperidine rings is 1. The Kier molecular flexibility index (Phi) is 4.66. The van der Waals surface area contributed by atoms with Gasteiger partial charge in [-0.1, -0.05) is 30.7 Å². The number of rotatable bonds is 3. The highest BCUT2D eigenvalue weighted by Gasteiger charge is 2.31. The van der Waals surface area contributed by atoms with E-state index in [0.717, 1.165) is 11.6 Å². The first-order chi connectivity index (χ1) is 8.61. The fraction of sp³-hybridized carbons (Fsp3) is 0.600. The van der Waals surface area contributed by atoms with Crippen molar-refractivity contribution in [2.75, 3.05) is 13.6 Å². The van der Waals surface area contributed by atoms with Gasteiger partial charge in [0.25, 0.3) is 0 Å². The average molecular weight is 267 g/mol. The predicted molar refractivity (Wildman–Crippen MR) is 78.0 cm³/mol. The Bertz CT molecular complexity index is 377. The number of nitrogens with zero attached hydrogens (tertiary/aromatic N) is 1. The molecular weight excluding hydrogens is 244 g/mol. The van der Waals surface area contributed by atoms with Crippen molar-refractivity contribution >= 4 is 11.6 Å². The van der Waals surface area contributed by atoms with Gasteiger partial charge in [-0.3, -0.25) is 4.90 Å². The van der Waals surface area contributed by atoms with Crippen LogP contribution in [0.15, 0.2) is 24.3 Å². The van der Waals surface area contributed by atoms with Crippen LogP contribution in [0.5, 0.6) is 0 Å². The summed E-state index contributed by atoms with van der Waals surface area (Å²) >= 11 is 5.92. The second-order valence-corrected chi connectivity index (χ2v) is 5.82. The van der Waals surface area contributed by atoms with E-state index in [9.17, 15) is 0 Å². The summed E-state index contributed by atoms with van der Waals surface area (Å²) < 4.78 is 0. The summed E-state index contributed by atoms with van der Waals surface area (Å²) in [5.41, 5.74) is 1.35. The molecule has 3 atom stereocenters. The van der Waals surface area contributed by atoms with Crippen LogP contribution in [-0.2, 0) is 6.54 Å². The molecule has 0 aliphatic carbocycles. The lowest BCUT2D eigenvalue weighted by atomic mass is 9.87. The van der Waals surface area contributed by atoms with Crippen LogP contribution >= 0.6 is 11.6 Å². The minimum absolute atomic E-state index is 0.617. The lowest BCUT2D eigenvalue weighted by Gasteiger charge is -2.42. The summed E-state index contributed by atoms with van der Waals surface area (Å²) in [4.78, 5) is 2.57. The monoisotopic (exact) mass is 266 g/mol. The topological polar surface area (TPSA) is 15.3 Å². The summed E-state index contributed by atoms with van der Waals surface area (Å²) in [6.07, 6.45) is 1.23. The molecule has 3 unspecified atom stereocenters. The van der Waals surface area contributed by atoms with Crippen molar-refractivity contribution in [2.24, 2.45) is 5.92 Å². The first-order valence-corrected chi connectivity index (χ1v) is 7.15. The van der Waals surface area contributed by atoms with E-state index in [4.69, 9.17) is 11.6 Å². The van der Waals surface area contributed by atoms with E-state index in [1.807, 2.05) is 12.1 Å². The van der Waals surface area contributed by atoms with E-state index in [1.54, 1.807) is 0 Å². The van der Waals surface area contributed by atoms with Crippen molar-refractivity contribution < 1.29 is 0 Å². The number of hydrogen-bond donors (Lipinski definition) is 1. The summed E-state index contributed by atoms with van der Waals surface area (Å²) in [6, 6.07) is 9.48. The van der Waals surface area contributed by atoms with Crippen LogP contribution in [0.2, 0.25) is 5.02 Å². The van der Waals surface area contributed by atoms with E-state index in [-0.39, 0.29) is 0 Å². The summed E-state index contributed by atoms with van der Waals surface area (Å²) in [5.74, 6) is 0.691. The van der Waals surface area contributed by atoms with Crippen LogP contribution in [0.1, 0.15) is 25.8 Å². The van der Waals surface area contributed by atoms with Crippen LogP contribution in [0.25, 0.3) is 0 Å². The van der Waals surface area contributed by atoms with E-state index in [2.05, 4.69) is 43.2 Å². The number of halogens is 1. The molecule has 2 nitrogen and oxygen atoms in total. The van der Waals surface area contributed by atoms with Crippen LogP contribution in [-0.4, -0.2) is 30.6 Å². The third kappa shape index (κ3) is 3.05. The molecular formula is C15H23ClN2. The molecule has 1 aromatic carbocycles. The van der Waals surface area contributed by atoms with Gasteiger partial charge in [-0.05, 0) is 44.0 Å². The summed E-state index contributed by atoms with van der Waals surface area (Å²) in [7, 11) is 2.07. The Labute approximate surface area is 115 Å². The minimum Gasteiger partial charge on any atom is -0.317 e. The van der Waals surface area contributed by atoms with Gasteiger partial charge >= 0.3 is 0 Å². The second kappa shape index (κ2) is 6.05. The van der Waals surface area contributed by atoms with Crippen LogP contribution in [0.3, 0.4) is 0 Å². The highest BCUT2D eigenvalue weighted by molar-refractivity contribution is 6.30. The van der Waals surface area contributed by atoms with Gasteiger partial charge in [0.2, 0.25) is 0 Å². The highest BCUT2D eigenvalue weighted by atomic mass is 35.5. The zero-order chi connectivity index (χ0) is 13.1. The Morgan fingerprint density at radius 1 is 1.28 bits per heavy atom. The van der Waals surface area contributed by atoms with Gasteiger partial charge in [0.1, 0.15) is 0 Å². The quantitative estimate of drug-likeness (QED) is 0.904. The first kappa shape index (κ1) is 13.9. The van der Waals surface area contributed by atoms with Gasteiger partial charge in [-0.15, -0.1) is 0 Å². The molecule has 2 rings (SSSR count). The van der Waals surface area contributed by atoms with Gasteiger partial charge in [-0.2, -0.15) is 0 Å². The summed E-state index contributed by atoms with van der Waals surface area (Å²) in [6.45, 7) is 6.88. The molecule has 3 heteroatoms. The Morgan fingerprint density at radius 3 is 2.56 bits per heavy atom. The van der Waals surface area contributed by atoms with Crippen molar-refractivity contribution in [3.63, 3.8) is 0 Å². The van der Waals surface area contributed by atoms with E-state index >= 15 is 0 Å². The molecule has 0 spiro atoms. The molecule has 0 saturated carbocycles. The average Bonchev–Trinajstić information content (AvgIpc) is 2.38. The fourth-order valence-corrected chi connectivity index (χ4v) is 3.02. The molecule has 1 aliphatic rings. The van der Waals surface area contributed by atoms with E-state index < -0.39 is 0 Å². The number of likely N-dealkylation sites (tertiary alicyclic amines) is 1. The number of nitrogens with one attached hydrogen (secondary N) is 1. The van der Waals surface area contributed by atoms with Gasteiger partial charge in [0.05, 0.1) is 0 Å². The van der Waals surface area contributed by atoms with Gasteiger partial charge in [0, 0.05) is 30.2 Å². The fourth-order valence-electron chi connectivity index (χ4n) is 2.89. The maximum absolute atomic E-state index is 5.92. The zero-order valence-electron chi connectivity index (χ0n) is 11.5. The molecule has 0 amide bonds. The van der Waals surface area contributed by atoms with Crippen molar-refractivity contribution in [1.82, 2.24) is 10.2 Å². The zero-order valence-corrected chi connectivity index (χ0v) is 12.2. The Morgan fingerprint density at radius 2 is 1.94 bits per heavy atom. The molecule has 0 radical (unpaired) electrons. The van der Waals surface area contributed by atoms with Crippen LogP contribution in [0.4, 0.5) is 0 Å². The molecule has 0 bridgehead atoms. The third-order valence-electron chi connectivity index (χ3n) is 4.37. The largest absolute Gasteiger partial charge is 0.317 e. The number of hydrogen-bond acceptors (Lipinski definition) is 2. The van der Waals surface area contributed by atoms with Gasteiger partial charge < -0.3 is 5.32 Å². The standard InChI is InChI=1S/C15H23ClN2/c1-11-12(2)18(9-8-15(11)17-3)10-13-4-6-14(16)7-5-13/h4-7,11-12,15,17H,8-10H2,1-3H3. The van der Waals surface area contributed by atoms with Gasteiger partial charge in [0.15, 0.2) is 0 Å². The SMILES string of the molecule is CNC1CCN(Cc2ccc(Cl)cc2)C(C)C1C. The summed E-state index contributed by atoms with van der Waals surface area (Å²) in [5, 5.41) is 4.25. The molecule has 100 valence electrons. The van der Waals surface area contributed by atoms with Crippen LogP contribution < -0.4 is 5.32 Å². The minimum atomic E-state index is 0.617. The van der Waals surface area contributed by atoms with E-state index in [1.165, 1.54) is 18.5 Å². The second-order valence-electron chi connectivity index (χ2n) is 5.38. The molecule has 1 aliphatic heterocycles. The van der Waals surface area contributed by atoms with Crippen molar-refractivity contribution in [3.05, 3.63) is 34.9 Å². The van der Waals surface area contributed by atoms with Crippen molar-refractivity contribution in [2.45, 2.75) is 38.9 Å². The van der Waals surface area contributed by atoms with Crippen LogP contribution in [0, 0.1) is 5.92 Å². The van der Waals surface area contributed by atoms with Crippen molar-refractivity contribution in [1.29, 1.82) is 0 Å². The molecule has 1 N–H and O–H groups in total. The lowest BCUT2D eigenvalue weighted by molar-refractivity contribution is 0.0811. The molecule has 1 aromatic rings. The third-order valence-corrected chi connectivity index (χ3v) is 4.62. The highest BCUT2D eigenvalue weighted by Crippen LogP contribution is 2.25. The Hall–Kier alpha value is -0.570. The maximum atomic E-state index is 5.92. The maximum Gasteiger partial charge on any atom is 0.0406 e.